The van der Waals surface area contributed by atoms with Gasteiger partial charge in [-0.2, -0.15) is 0 Å². The van der Waals surface area contributed by atoms with E-state index in [9.17, 15) is 19.2 Å². The zero-order chi connectivity index (χ0) is 28.3. The van der Waals surface area contributed by atoms with Gasteiger partial charge < -0.3 is 25.4 Å². The number of nitrogens with one attached hydrogen (secondary N) is 3. The SMILES string of the molecule is COC(=O)C(NC(=O)/C(=C/c1ccccc1)NC(=O)C(Cc1ccccc1)NC(=O)OC(C)(C)C)C(C)C. The van der Waals surface area contributed by atoms with Crippen LogP contribution in [0.4, 0.5) is 4.79 Å². The Kier molecular flexibility index (Phi) is 11.1. The number of methoxy groups -OCH3 is 1. The molecule has 9 heteroatoms. The van der Waals surface area contributed by atoms with E-state index in [2.05, 4.69) is 16.0 Å². The van der Waals surface area contributed by atoms with Crippen LogP contribution in [0.25, 0.3) is 6.08 Å². The van der Waals surface area contributed by atoms with Crippen LogP contribution in [0.15, 0.2) is 66.4 Å². The summed E-state index contributed by atoms with van der Waals surface area (Å²) in [5, 5.41) is 7.90. The second-order valence-electron chi connectivity index (χ2n) is 10.1. The fraction of sp³-hybridized carbons (Fsp3) is 0.379. The first-order valence-electron chi connectivity index (χ1n) is 12.4. The number of carbonyl (C=O) groups excluding carboxylic acids is 4. The molecular weight excluding hydrogens is 486 g/mol. The molecule has 0 radical (unpaired) electrons. The minimum atomic E-state index is -1.05. The largest absolute Gasteiger partial charge is 0.467 e. The molecule has 2 aromatic rings. The maximum atomic E-state index is 13.5. The van der Waals surface area contributed by atoms with Gasteiger partial charge in [0.15, 0.2) is 0 Å². The summed E-state index contributed by atoms with van der Waals surface area (Å²) >= 11 is 0. The van der Waals surface area contributed by atoms with Crippen LogP contribution in [0.1, 0.15) is 45.7 Å². The van der Waals surface area contributed by atoms with E-state index in [0.717, 1.165) is 5.56 Å². The van der Waals surface area contributed by atoms with Crippen LogP contribution in [0.2, 0.25) is 0 Å². The molecule has 0 aliphatic rings. The van der Waals surface area contributed by atoms with E-state index in [1.165, 1.54) is 13.2 Å². The van der Waals surface area contributed by atoms with Crippen LogP contribution in [0, 0.1) is 5.92 Å². The van der Waals surface area contributed by atoms with Crippen molar-refractivity contribution >= 4 is 30.0 Å². The summed E-state index contributed by atoms with van der Waals surface area (Å²) in [4.78, 5) is 51.5. The lowest BCUT2D eigenvalue weighted by molar-refractivity contribution is -0.146. The number of benzene rings is 2. The van der Waals surface area contributed by atoms with Gasteiger partial charge in [0.25, 0.3) is 5.91 Å². The highest BCUT2D eigenvalue weighted by Crippen LogP contribution is 2.12. The maximum Gasteiger partial charge on any atom is 0.408 e. The fourth-order valence-electron chi connectivity index (χ4n) is 3.45. The van der Waals surface area contributed by atoms with Gasteiger partial charge in [0.1, 0.15) is 23.4 Å². The number of hydrogen-bond donors (Lipinski definition) is 3. The van der Waals surface area contributed by atoms with E-state index in [1.807, 2.05) is 36.4 Å². The summed E-state index contributed by atoms with van der Waals surface area (Å²) in [5.41, 5.74) is 0.583. The molecule has 204 valence electrons. The van der Waals surface area contributed by atoms with Crippen molar-refractivity contribution in [1.82, 2.24) is 16.0 Å². The highest BCUT2D eigenvalue weighted by molar-refractivity contribution is 6.03. The minimum Gasteiger partial charge on any atom is -0.467 e. The second-order valence-corrected chi connectivity index (χ2v) is 10.1. The fourth-order valence-corrected chi connectivity index (χ4v) is 3.45. The average molecular weight is 524 g/mol. The first kappa shape index (κ1) is 30.1. The Bertz CT molecular complexity index is 1120. The van der Waals surface area contributed by atoms with Crippen molar-refractivity contribution < 1.29 is 28.7 Å². The standard InChI is InChI=1S/C29H37N3O6/c1-19(2)24(27(35)37-6)32-26(34)22(17-20-13-9-7-10-14-20)30-25(33)23(18-21-15-11-8-12-16-21)31-28(36)38-29(3,4)5/h7-17,19,23-24H,18H2,1-6H3,(H,30,33)(H,31,36)(H,32,34)/b22-17-. The molecule has 2 rings (SSSR count). The number of alkyl carbamates (subject to hydrolysis) is 1. The van der Waals surface area contributed by atoms with E-state index in [0.29, 0.717) is 5.56 Å². The van der Waals surface area contributed by atoms with Crippen LogP contribution in [-0.2, 0) is 30.3 Å². The third-order valence-electron chi connectivity index (χ3n) is 5.31. The number of rotatable bonds is 10. The molecule has 2 aromatic carbocycles. The number of esters is 1. The van der Waals surface area contributed by atoms with Crippen LogP contribution in [-0.4, -0.2) is 48.7 Å². The molecule has 0 fully saturated rings. The van der Waals surface area contributed by atoms with E-state index < -0.39 is 41.6 Å². The van der Waals surface area contributed by atoms with Crippen molar-refractivity contribution in [3.8, 4) is 0 Å². The van der Waals surface area contributed by atoms with E-state index in [1.54, 1.807) is 58.9 Å². The molecule has 38 heavy (non-hydrogen) atoms. The quantitative estimate of drug-likeness (QED) is 0.323. The maximum absolute atomic E-state index is 13.5. The predicted molar refractivity (Wildman–Crippen MR) is 145 cm³/mol. The molecule has 0 heterocycles. The highest BCUT2D eigenvalue weighted by Gasteiger charge is 2.29. The van der Waals surface area contributed by atoms with Crippen molar-refractivity contribution in [2.75, 3.05) is 7.11 Å². The summed E-state index contributed by atoms with van der Waals surface area (Å²) < 4.78 is 10.2. The molecule has 0 aromatic heterocycles. The Balaban J connectivity index is 2.37. The highest BCUT2D eigenvalue weighted by atomic mass is 16.6. The lowest BCUT2D eigenvalue weighted by Crippen LogP contribution is -2.52. The molecule has 0 spiro atoms. The number of hydrogen-bond acceptors (Lipinski definition) is 6. The molecular formula is C29H37N3O6. The Hall–Kier alpha value is -4.14. The third kappa shape index (κ3) is 10.1. The van der Waals surface area contributed by atoms with Crippen LogP contribution < -0.4 is 16.0 Å². The molecule has 0 aliphatic carbocycles. The molecule has 9 nitrogen and oxygen atoms in total. The topological polar surface area (TPSA) is 123 Å². The zero-order valence-corrected chi connectivity index (χ0v) is 22.7. The summed E-state index contributed by atoms with van der Waals surface area (Å²) in [6.07, 6.45) is 0.884. The van der Waals surface area contributed by atoms with E-state index in [4.69, 9.17) is 9.47 Å². The monoisotopic (exact) mass is 523 g/mol. The molecule has 0 bridgehead atoms. The van der Waals surface area contributed by atoms with Crippen LogP contribution in [0.5, 0.6) is 0 Å². The average Bonchev–Trinajstić information content (AvgIpc) is 2.85. The first-order chi connectivity index (χ1) is 17.9. The number of carbonyl (C=O) groups is 4. The lowest BCUT2D eigenvalue weighted by Gasteiger charge is -2.24. The molecule has 2 unspecified atom stereocenters. The first-order valence-corrected chi connectivity index (χ1v) is 12.4. The van der Waals surface area contributed by atoms with Crippen LogP contribution in [0.3, 0.4) is 0 Å². The normalized spacial score (nSPS) is 13.2. The molecule has 3 N–H and O–H groups in total. The third-order valence-corrected chi connectivity index (χ3v) is 5.31. The van der Waals surface area contributed by atoms with Gasteiger partial charge in [0, 0.05) is 6.42 Å². The molecule has 0 saturated carbocycles. The van der Waals surface area contributed by atoms with Gasteiger partial charge in [-0.05, 0) is 43.9 Å². The van der Waals surface area contributed by atoms with E-state index >= 15 is 0 Å². The van der Waals surface area contributed by atoms with Crippen molar-refractivity contribution in [3.05, 3.63) is 77.5 Å². The number of amides is 3. The van der Waals surface area contributed by atoms with Crippen LogP contribution >= 0.6 is 0 Å². The smallest absolute Gasteiger partial charge is 0.408 e. The molecule has 3 amide bonds. The Morgan fingerprint density at radius 1 is 0.895 bits per heavy atom. The van der Waals surface area contributed by atoms with Gasteiger partial charge in [0.2, 0.25) is 5.91 Å². The van der Waals surface area contributed by atoms with Gasteiger partial charge in [0.05, 0.1) is 7.11 Å². The lowest BCUT2D eigenvalue weighted by atomic mass is 10.0. The second kappa shape index (κ2) is 14.0. The predicted octanol–water partition coefficient (Wildman–Crippen LogP) is 3.59. The Morgan fingerprint density at radius 2 is 1.47 bits per heavy atom. The van der Waals surface area contributed by atoms with Crippen molar-refractivity contribution in [2.45, 2.75) is 58.7 Å². The summed E-state index contributed by atoms with van der Waals surface area (Å²) in [6.45, 7) is 8.69. The molecule has 0 aliphatic heterocycles. The van der Waals surface area contributed by atoms with Crippen molar-refractivity contribution in [1.29, 1.82) is 0 Å². The number of ether oxygens (including phenoxy) is 2. The van der Waals surface area contributed by atoms with E-state index in [-0.39, 0.29) is 18.0 Å². The summed E-state index contributed by atoms with van der Waals surface area (Å²) in [6, 6.07) is 16.1. The Labute approximate surface area is 224 Å². The van der Waals surface area contributed by atoms with Gasteiger partial charge in [-0.1, -0.05) is 74.5 Å². The van der Waals surface area contributed by atoms with Crippen molar-refractivity contribution in [3.63, 3.8) is 0 Å². The van der Waals surface area contributed by atoms with Gasteiger partial charge >= 0.3 is 12.1 Å². The van der Waals surface area contributed by atoms with Gasteiger partial charge in [-0.15, -0.1) is 0 Å². The minimum absolute atomic E-state index is 0.0974. The van der Waals surface area contributed by atoms with Crippen molar-refractivity contribution in [2.24, 2.45) is 5.92 Å². The molecule has 2 atom stereocenters. The zero-order valence-electron chi connectivity index (χ0n) is 22.7. The molecule has 0 saturated heterocycles. The summed E-state index contributed by atoms with van der Waals surface area (Å²) in [7, 11) is 1.24. The Morgan fingerprint density at radius 3 is 2.00 bits per heavy atom. The van der Waals surface area contributed by atoms with Gasteiger partial charge in [-0.25, -0.2) is 9.59 Å². The van der Waals surface area contributed by atoms with Gasteiger partial charge in [-0.3, -0.25) is 9.59 Å². The summed E-state index contributed by atoms with van der Waals surface area (Å²) in [5.74, 6) is -2.18.